The van der Waals surface area contributed by atoms with Gasteiger partial charge in [-0.15, -0.1) is 6.58 Å². The number of carbonyl (C=O) groups excluding carboxylic acids is 1. The van der Waals surface area contributed by atoms with Crippen LogP contribution in [-0.4, -0.2) is 26.8 Å². The van der Waals surface area contributed by atoms with E-state index < -0.39 is 0 Å². The molecule has 5 nitrogen and oxygen atoms in total. The van der Waals surface area contributed by atoms with Gasteiger partial charge in [0, 0.05) is 24.7 Å². The minimum Gasteiger partial charge on any atom is -0.497 e. The molecule has 0 bridgehead atoms. The highest BCUT2D eigenvalue weighted by atomic mass is 16.5. The summed E-state index contributed by atoms with van der Waals surface area (Å²) in [6.07, 6.45) is 1.62. The Hall–Kier alpha value is -2.17. The normalized spacial score (nSPS) is 9.44. The van der Waals surface area contributed by atoms with Crippen molar-refractivity contribution in [3.8, 4) is 11.5 Å². The zero-order valence-electron chi connectivity index (χ0n) is 10.7. The Labute approximate surface area is 107 Å². The highest BCUT2D eigenvalue weighted by Gasteiger charge is 2.06. The van der Waals surface area contributed by atoms with Gasteiger partial charge in [-0.1, -0.05) is 6.08 Å². The maximum absolute atomic E-state index is 11.4. The van der Waals surface area contributed by atoms with Gasteiger partial charge in [0.15, 0.2) is 0 Å². The van der Waals surface area contributed by atoms with E-state index in [9.17, 15) is 4.79 Å². The number of methoxy groups -OCH3 is 2. The van der Waals surface area contributed by atoms with E-state index in [2.05, 4.69) is 17.2 Å². The van der Waals surface area contributed by atoms with Gasteiger partial charge in [0.2, 0.25) is 0 Å². The number of nitrogens with one attached hydrogen (secondary N) is 2. The zero-order chi connectivity index (χ0) is 13.4. The fraction of sp³-hybridized carbons (Fsp3) is 0.308. The van der Waals surface area contributed by atoms with Crippen LogP contribution in [0, 0.1) is 0 Å². The zero-order valence-corrected chi connectivity index (χ0v) is 10.7. The Bertz CT molecular complexity index is 419. The molecule has 0 saturated carbocycles. The van der Waals surface area contributed by atoms with Crippen LogP contribution in [0.4, 0.5) is 4.79 Å². The van der Waals surface area contributed by atoms with Gasteiger partial charge in [-0.25, -0.2) is 4.79 Å². The van der Waals surface area contributed by atoms with E-state index in [0.29, 0.717) is 24.6 Å². The van der Waals surface area contributed by atoms with E-state index in [1.165, 1.54) is 0 Å². The number of urea groups is 1. The summed E-state index contributed by atoms with van der Waals surface area (Å²) < 4.78 is 10.3. The van der Waals surface area contributed by atoms with E-state index in [1.54, 1.807) is 26.4 Å². The first-order valence-corrected chi connectivity index (χ1v) is 5.54. The number of benzene rings is 1. The third kappa shape index (κ3) is 4.01. The van der Waals surface area contributed by atoms with Gasteiger partial charge in [0.1, 0.15) is 11.5 Å². The molecule has 0 atom stereocenters. The smallest absolute Gasteiger partial charge is 0.315 e. The number of rotatable bonds is 6. The molecule has 0 aliphatic carbocycles. The monoisotopic (exact) mass is 250 g/mol. The lowest BCUT2D eigenvalue weighted by molar-refractivity contribution is 0.241. The summed E-state index contributed by atoms with van der Waals surface area (Å²) in [4.78, 5) is 11.4. The second kappa shape index (κ2) is 7.21. The molecule has 0 aliphatic rings. The number of ether oxygens (including phenoxy) is 2. The molecule has 5 heteroatoms. The summed E-state index contributed by atoms with van der Waals surface area (Å²) in [7, 11) is 3.17. The third-order valence-corrected chi connectivity index (χ3v) is 2.34. The predicted molar refractivity (Wildman–Crippen MR) is 70.0 cm³/mol. The Balaban J connectivity index is 2.61. The van der Waals surface area contributed by atoms with Crippen molar-refractivity contribution in [1.82, 2.24) is 10.6 Å². The molecule has 18 heavy (non-hydrogen) atoms. The van der Waals surface area contributed by atoms with Crippen molar-refractivity contribution in [3.63, 3.8) is 0 Å². The van der Waals surface area contributed by atoms with Gasteiger partial charge >= 0.3 is 6.03 Å². The molecule has 98 valence electrons. The minimum absolute atomic E-state index is 0.243. The minimum atomic E-state index is -0.243. The van der Waals surface area contributed by atoms with Crippen LogP contribution in [-0.2, 0) is 6.54 Å². The molecule has 1 aromatic carbocycles. The van der Waals surface area contributed by atoms with Crippen molar-refractivity contribution < 1.29 is 14.3 Å². The predicted octanol–water partition coefficient (Wildman–Crippen LogP) is 1.69. The maximum Gasteiger partial charge on any atom is 0.315 e. The van der Waals surface area contributed by atoms with Crippen LogP contribution in [0.15, 0.2) is 30.9 Å². The molecule has 1 rings (SSSR count). The molecule has 2 amide bonds. The lowest BCUT2D eigenvalue weighted by Crippen LogP contribution is -2.35. The van der Waals surface area contributed by atoms with Gasteiger partial charge in [-0.05, 0) is 12.1 Å². The Kier molecular flexibility index (Phi) is 5.57. The summed E-state index contributed by atoms with van der Waals surface area (Å²) in [5.74, 6) is 1.39. The second-order valence-electron chi connectivity index (χ2n) is 3.53. The van der Waals surface area contributed by atoms with Gasteiger partial charge in [-0.2, -0.15) is 0 Å². The van der Waals surface area contributed by atoms with Crippen molar-refractivity contribution in [2.75, 3.05) is 20.8 Å². The fourth-order valence-electron chi connectivity index (χ4n) is 1.40. The molecule has 0 aliphatic heterocycles. The quantitative estimate of drug-likeness (QED) is 0.755. The van der Waals surface area contributed by atoms with E-state index in [-0.39, 0.29) is 6.03 Å². The number of hydrogen-bond acceptors (Lipinski definition) is 3. The molecule has 0 unspecified atom stereocenters. The van der Waals surface area contributed by atoms with Crippen molar-refractivity contribution in [3.05, 3.63) is 36.4 Å². The molecule has 0 fully saturated rings. The summed E-state index contributed by atoms with van der Waals surface area (Å²) >= 11 is 0. The van der Waals surface area contributed by atoms with Crippen LogP contribution in [0.3, 0.4) is 0 Å². The first kappa shape index (κ1) is 13.9. The Morgan fingerprint density at radius 2 is 2.11 bits per heavy atom. The molecule has 2 N–H and O–H groups in total. The molecular weight excluding hydrogens is 232 g/mol. The Morgan fingerprint density at radius 1 is 1.33 bits per heavy atom. The van der Waals surface area contributed by atoms with Gasteiger partial charge in [0.25, 0.3) is 0 Å². The fourth-order valence-corrected chi connectivity index (χ4v) is 1.40. The average Bonchev–Trinajstić information content (AvgIpc) is 2.42. The molecule has 0 spiro atoms. The second-order valence-corrected chi connectivity index (χ2v) is 3.53. The van der Waals surface area contributed by atoms with E-state index in [0.717, 1.165) is 5.56 Å². The van der Waals surface area contributed by atoms with E-state index in [4.69, 9.17) is 9.47 Å². The lowest BCUT2D eigenvalue weighted by atomic mass is 10.2. The van der Waals surface area contributed by atoms with Crippen molar-refractivity contribution in [2.45, 2.75) is 6.54 Å². The van der Waals surface area contributed by atoms with Crippen molar-refractivity contribution >= 4 is 6.03 Å². The third-order valence-electron chi connectivity index (χ3n) is 2.34. The first-order chi connectivity index (χ1) is 8.71. The van der Waals surface area contributed by atoms with Crippen LogP contribution < -0.4 is 20.1 Å². The summed E-state index contributed by atoms with van der Waals surface area (Å²) in [6, 6.07) is 5.21. The maximum atomic E-state index is 11.4. The highest BCUT2D eigenvalue weighted by Crippen LogP contribution is 2.24. The van der Waals surface area contributed by atoms with Crippen molar-refractivity contribution in [2.24, 2.45) is 0 Å². The lowest BCUT2D eigenvalue weighted by Gasteiger charge is -2.11. The molecule has 0 saturated heterocycles. The SMILES string of the molecule is C=CCNC(=O)NCc1ccc(OC)cc1OC. The summed E-state index contributed by atoms with van der Waals surface area (Å²) in [5, 5.41) is 5.36. The average molecular weight is 250 g/mol. The molecule has 0 heterocycles. The number of carbonyl (C=O) groups is 1. The van der Waals surface area contributed by atoms with Gasteiger partial charge in [-0.3, -0.25) is 0 Å². The van der Waals surface area contributed by atoms with Gasteiger partial charge in [0.05, 0.1) is 14.2 Å². The van der Waals surface area contributed by atoms with Crippen molar-refractivity contribution in [1.29, 1.82) is 0 Å². The number of amides is 2. The Morgan fingerprint density at radius 3 is 2.72 bits per heavy atom. The molecular formula is C13H18N2O3. The van der Waals surface area contributed by atoms with Crippen LogP contribution >= 0.6 is 0 Å². The van der Waals surface area contributed by atoms with Crippen LogP contribution in [0.5, 0.6) is 11.5 Å². The molecule has 0 radical (unpaired) electrons. The summed E-state index contributed by atoms with van der Waals surface area (Å²) in [5.41, 5.74) is 0.882. The van der Waals surface area contributed by atoms with E-state index in [1.807, 2.05) is 12.1 Å². The molecule has 1 aromatic rings. The van der Waals surface area contributed by atoms with E-state index >= 15 is 0 Å². The van der Waals surface area contributed by atoms with Crippen LogP contribution in [0.25, 0.3) is 0 Å². The molecule has 0 aromatic heterocycles. The first-order valence-electron chi connectivity index (χ1n) is 5.54. The van der Waals surface area contributed by atoms with Crippen LogP contribution in [0.1, 0.15) is 5.56 Å². The highest BCUT2D eigenvalue weighted by molar-refractivity contribution is 5.74. The number of hydrogen-bond donors (Lipinski definition) is 2. The largest absolute Gasteiger partial charge is 0.497 e. The van der Waals surface area contributed by atoms with Crippen LogP contribution in [0.2, 0.25) is 0 Å². The topological polar surface area (TPSA) is 59.6 Å². The standard InChI is InChI=1S/C13H18N2O3/c1-4-7-14-13(16)15-9-10-5-6-11(17-2)8-12(10)18-3/h4-6,8H,1,7,9H2,2-3H3,(H2,14,15,16). The van der Waals surface area contributed by atoms with Gasteiger partial charge < -0.3 is 20.1 Å². The summed E-state index contributed by atoms with van der Waals surface area (Å²) in [6.45, 7) is 4.34.